The van der Waals surface area contributed by atoms with Gasteiger partial charge in [-0.05, 0) is 42.9 Å². The molecule has 2 nitrogen and oxygen atoms in total. The summed E-state index contributed by atoms with van der Waals surface area (Å²) < 4.78 is 1.09. The van der Waals surface area contributed by atoms with Crippen molar-refractivity contribution in [2.45, 2.75) is 51.7 Å². The monoisotopic (exact) mass is 300 g/mol. The van der Waals surface area contributed by atoms with E-state index in [1.807, 2.05) is 19.1 Å². The molecule has 1 aromatic carbocycles. The maximum Gasteiger partial charge on any atom is 0.0804 e. The Morgan fingerprint density at radius 2 is 1.88 bits per heavy atom. The maximum absolute atomic E-state index is 9.85. The highest BCUT2D eigenvalue weighted by molar-refractivity contribution is 9.10. The molecule has 96 valence electrons. The summed E-state index contributed by atoms with van der Waals surface area (Å²) in [7, 11) is 0. The van der Waals surface area contributed by atoms with Crippen molar-refractivity contribution in [2.75, 3.05) is 0 Å². The molecule has 1 rings (SSSR count). The topological polar surface area (TPSA) is 40.5 Å². The van der Waals surface area contributed by atoms with Crippen LogP contribution < -0.4 is 0 Å². The quantitative estimate of drug-likeness (QED) is 0.875. The van der Waals surface area contributed by atoms with Gasteiger partial charge in [-0.25, -0.2) is 0 Å². The Labute approximate surface area is 112 Å². The second-order valence-electron chi connectivity index (χ2n) is 4.63. The molecule has 0 aromatic heterocycles. The number of hydrogen-bond donors (Lipinski definition) is 2. The summed E-state index contributed by atoms with van der Waals surface area (Å²) in [5, 5.41) is 19.4. The third-order valence-electron chi connectivity index (χ3n) is 3.30. The lowest BCUT2D eigenvalue weighted by Gasteiger charge is -2.22. The zero-order valence-electron chi connectivity index (χ0n) is 10.7. The van der Waals surface area contributed by atoms with Crippen LogP contribution >= 0.6 is 15.9 Å². The fraction of sp³-hybridized carbons (Fsp3) is 0.571. The molecule has 0 saturated heterocycles. The van der Waals surface area contributed by atoms with Crippen LogP contribution in [0.4, 0.5) is 0 Å². The second kappa shape index (κ2) is 6.53. The summed E-state index contributed by atoms with van der Waals surface area (Å²) in [6.07, 6.45) is -0.0872. The number of rotatable bonds is 5. The summed E-state index contributed by atoms with van der Waals surface area (Å²) in [5.41, 5.74) is 2.43. The van der Waals surface area contributed by atoms with Gasteiger partial charge in [-0.3, -0.25) is 0 Å². The van der Waals surface area contributed by atoms with E-state index in [0.29, 0.717) is 12.8 Å². The minimum Gasteiger partial charge on any atom is -0.390 e. The van der Waals surface area contributed by atoms with Crippen LogP contribution in [0.5, 0.6) is 0 Å². The average molecular weight is 301 g/mol. The molecule has 0 radical (unpaired) electrons. The first-order valence-corrected chi connectivity index (χ1v) is 6.87. The largest absolute Gasteiger partial charge is 0.390 e. The van der Waals surface area contributed by atoms with Crippen LogP contribution in [0.2, 0.25) is 0 Å². The first-order chi connectivity index (χ1) is 7.97. The number of aliphatic hydroxyl groups is 2. The highest BCUT2D eigenvalue weighted by Gasteiger charge is 2.19. The molecule has 3 atom stereocenters. The molecule has 0 amide bonds. The number of benzene rings is 1. The molecular formula is C14H21BrO2. The van der Waals surface area contributed by atoms with Gasteiger partial charge in [0.2, 0.25) is 0 Å². The fourth-order valence-corrected chi connectivity index (χ4v) is 2.46. The van der Waals surface area contributed by atoms with Gasteiger partial charge in [-0.15, -0.1) is 0 Å². The van der Waals surface area contributed by atoms with Gasteiger partial charge in [0.25, 0.3) is 0 Å². The van der Waals surface area contributed by atoms with Crippen molar-refractivity contribution < 1.29 is 10.2 Å². The van der Waals surface area contributed by atoms with E-state index >= 15 is 0 Å². The Bertz CT molecular complexity index is 365. The van der Waals surface area contributed by atoms with Crippen LogP contribution in [0, 0.1) is 6.92 Å². The van der Waals surface area contributed by atoms with Gasteiger partial charge in [0.15, 0.2) is 0 Å². The molecule has 0 spiro atoms. The van der Waals surface area contributed by atoms with E-state index in [9.17, 15) is 10.2 Å². The first kappa shape index (κ1) is 14.7. The molecule has 0 bridgehead atoms. The van der Waals surface area contributed by atoms with Gasteiger partial charge < -0.3 is 10.2 Å². The number of aliphatic hydroxyl groups excluding tert-OH is 2. The highest BCUT2D eigenvalue weighted by atomic mass is 79.9. The number of hydrogen-bond acceptors (Lipinski definition) is 2. The maximum atomic E-state index is 9.85. The van der Waals surface area contributed by atoms with Gasteiger partial charge in [0.1, 0.15) is 0 Å². The SMILES string of the molecule is CCC(O)C(O)CC(C)c1cccc(Br)c1C. The molecule has 3 heteroatoms. The van der Waals surface area contributed by atoms with Gasteiger partial charge in [-0.2, -0.15) is 0 Å². The lowest BCUT2D eigenvalue weighted by molar-refractivity contribution is 0.00950. The molecule has 1 aromatic rings. The normalized spacial score (nSPS) is 16.6. The summed E-state index contributed by atoms with van der Waals surface area (Å²) in [4.78, 5) is 0. The number of halogens is 1. The zero-order valence-corrected chi connectivity index (χ0v) is 12.2. The lowest BCUT2D eigenvalue weighted by Crippen LogP contribution is -2.26. The van der Waals surface area contributed by atoms with Gasteiger partial charge >= 0.3 is 0 Å². The van der Waals surface area contributed by atoms with Crippen molar-refractivity contribution in [3.05, 3.63) is 33.8 Å². The molecule has 17 heavy (non-hydrogen) atoms. The van der Waals surface area contributed by atoms with E-state index in [0.717, 1.165) is 4.47 Å². The minimum absolute atomic E-state index is 0.240. The first-order valence-electron chi connectivity index (χ1n) is 6.08. The Morgan fingerprint density at radius 3 is 2.47 bits per heavy atom. The van der Waals surface area contributed by atoms with E-state index < -0.39 is 12.2 Å². The molecule has 0 aliphatic heterocycles. The summed E-state index contributed by atoms with van der Waals surface area (Å²) in [6, 6.07) is 6.10. The van der Waals surface area contributed by atoms with Crippen LogP contribution in [0.3, 0.4) is 0 Å². The lowest BCUT2D eigenvalue weighted by atomic mass is 9.90. The third kappa shape index (κ3) is 3.80. The van der Waals surface area contributed by atoms with Gasteiger partial charge in [-0.1, -0.05) is 41.9 Å². The Kier molecular flexibility index (Phi) is 5.63. The third-order valence-corrected chi connectivity index (χ3v) is 4.16. The Morgan fingerprint density at radius 1 is 1.24 bits per heavy atom. The van der Waals surface area contributed by atoms with Crippen LogP contribution in [0.15, 0.2) is 22.7 Å². The zero-order chi connectivity index (χ0) is 13.0. The molecular weight excluding hydrogens is 280 g/mol. The molecule has 0 fully saturated rings. The molecule has 0 heterocycles. The van der Waals surface area contributed by atoms with Crippen molar-refractivity contribution in [1.29, 1.82) is 0 Å². The predicted octanol–water partition coefficient (Wildman–Crippen LogP) is 3.38. The Hall–Kier alpha value is -0.380. The molecule has 0 aliphatic rings. The van der Waals surface area contributed by atoms with E-state index in [-0.39, 0.29) is 5.92 Å². The summed E-state index contributed by atoms with van der Waals surface area (Å²) in [5.74, 6) is 0.240. The predicted molar refractivity (Wildman–Crippen MR) is 74.2 cm³/mol. The van der Waals surface area contributed by atoms with E-state index in [2.05, 4.69) is 35.8 Å². The second-order valence-corrected chi connectivity index (χ2v) is 5.49. The van der Waals surface area contributed by atoms with Gasteiger partial charge in [0.05, 0.1) is 12.2 Å². The molecule has 2 N–H and O–H groups in total. The fourth-order valence-electron chi connectivity index (χ4n) is 2.08. The van der Waals surface area contributed by atoms with Crippen molar-refractivity contribution in [1.82, 2.24) is 0 Å². The van der Waals surface area contributed by atoms with Gasteiger partial charge in [0, 0.05) is 4.47 Å². The van der Waals surface area contributed by atoms with Crippen LogP contribution in [0.25, 0.3) is 0 Å². The summed E-state index contributed by atoms with van der Waals surface area (Å²) >= 11 is 3.51. The van der Waals surface area contributed by atoms with Crippen LogP contribution in [-0.4, -0.2) is 22.4 Å². The Balaban J connectivity index is 2.76. The minimum atomic E-state index is -0.645. The van der Waals surface area contributed by atoms with Crippen molar-refractivity contribution in [3.8, 4) is 0 Å². The highest BCUT2D eigenvalue weighted by Crippen LogP contribution is 2.29. The molecule has 0 saturated carbocycles. The van der Waals surface area contributed by atoms with E-state index in [4.69, 9.17) is 0 Å². The van der Waals surface area contributed by atoms with Crippen LogP contribution in [0.1, 0.15) is 43.7 Å². The van der Waals surface area contributed by atoms with E-state index in [1.54, 1.807) is 0 Å². The van der Waals surface area contributed by atoms with Crippen LogP contribution in [-0.2, 0) is 0 Å². The molecule has 3 unspecified atom stereocenters. The summed E-state index contributed by atoms with van der Waals surface area (Å²) in [6.45, 7) is 6.03. The average Bonchev–Trinajstić information content (AvgIpc) is 2.31. The molecule has 0 aliphatic carbocycles. The smallest absolute Gasteiger partial charge is 0.0804 e. The standard InChI is InChI=1S/C14H21BrO2/c1-4-13(16)14(17)8-9(2)11-6-5-7-12(15)10(11)3/h5-7,9,13-14,16-17H,4,8H2,1-3H3. The van der Waals surface area contributed by atoms with Crippen molar-refractivity contribution in [3.63, 3.8) is 0 Å². The van der Waals surface area contributed by atoms with E-state index in [1.165, 1.54) is 11.1 Å². The van der Waals surface area contributed by atoms with Crippen molar-refractivity contribution in [2.24, 2.45) is 0 Å². The van der Waals surface area contributed by atoms with Crippen molar-refractivity contribution >= 4 is 15.9 Å².